The number of nitrogens with one attached hydrogen (secondary N) is 4. The first kappa shape index (κ1) is 22.4. The third kappa shape index (κ3) is 6.13. The maximum atomic E-state index is 12.3. The van der Waals surface area contributed by atoms with Crippen molar-refractivity contribution in [1.82, 2.24) is 5.32 Å². The van der Waals surface area contributed by atoms with E-state index in [0.717, 1.165) is 0 Å². The van der Waals surface area contributed by atoms with Crippen LogP contribution in [0.4, 0.5) is 17.1 Å². The molecule has 172 valence electrons. The van der Waals surface area contributed by atoms with E-state index in [0.29, 0.717) is 34.9 Å². The van der Waals surface area contributed by atoms with Crippen LogP contribution >= 0.6 is 0 Å². The van der Waals surface area contributed by atoms with E-state index in [4.69, 9.17) is 8.83 Å². The minimum atomic E-state index is -0.381. The highest BCUT2D eigenvalue weighted by molar-refractivity contribution is 6.03. The van der Waals surface area contributed by atoms with Crippen LogP contribution in [0.15, 0.2) is 94.2 Å². The first-order valence-corrected chi connectivity index (χ1v) is 10.5. The van der Waals surface area contributed by atoms with Crippen molar-refractivity contribution in [1.29, 1.82) is 0 Å². The van der Waals surface area contributed by atoms with Crippen LogP contribution in [0.1, 0.15) is 26.7 Å². The Labute approximate surface area is 195 Å². The van der Waals surface area contributed by atoms with Crippen LogP contribution in [-0.2, 0) is 11.3 Å². The quantitative estimate of drug-likeness (QED) is 0.299. The Morgan fingerprint density at radius 1 is 0.706 bits per heavy atom. The van der Waals surface area contributed by atoms with E-state index < -0.39 is 0 Å². The largest absolute Gasteiger partial charge is 0.467 e. The van der Waals surface area contributed by atoms with Crippen LogP contribution in [-0.4, -0.2) is 24.3 Å². The lowest BCUT2D eigenvalue weighted by Gasteiger charge is -2.10. The Kier molecular flexibility index (Phi) is 7.04. The Morgan fingerprint density at radius 2 is 1.44 bits per heavy atom. The topological polar surface area (TPSA) is 126 Å². The molecule has 0 unspecified atom stereocenters. The number of benzene rings is 2. The highest BCUT2D eigenvalue weighted by Gasteiger charge is 2.10. The van der Waals surface area contributed by atoms with Crippen molar-refractivity contribution < 1.29 is 23.2 Å². The Bertz CT molecular complexity index is 1250. The number of carbonyl (C=O) groups is 3. The summed E-state index contributed by atoms with van der Waals surface area (Å²) in [7, 11) is 0. The molecule has 9 nitrogen and oxygen atoms in total. The molecule has 9 heteroatoms. The first-order chi connectivity index (χ1) is 16.6. The van der Waals surface area contributed by atoms with Crippen molar-refractivity contribution >= 4 is 34.8 Å². The zero-order valence-electron chi connectivity index (χ0n) is 18.0. The van der Waals surface area contributed by atoms with Gasteiger partial charge in [-0.2, -0.15) is 0 Å². The number of anilines is 3. The van der Waals surface area contributed by atoms with Crippen molar-refractivity contribution in [2.75, 3.05) is 22.5 Å². The molecule has 0 saturated carbocycles. The Balaban J connectivity index is 1.24. The fourth-order valence-electron chi connectivity index (χ4n) is 3.08. The fourth-order valence-corrected chi connectivity index (χ4v) is 3.08. The number of furan rings is 2. The van der Waals surface area contributed by atoms with Gasteiger partial charge in [0, 0.05) is 22.6 Å². The molecular weight excluding hydrogens is 436 g/mol. The van der Waals surface area contributed by atoms with E-state index in [-0.39, 0.29) is 30.0 Å². The molecule has 2 aromatic heterocycles. The van der Waals surface area contributed by atoms with Crippen molar-refractivity contribution in [3.8, 4) is 0 Å². The number of rotatable bonds is 9. The second-order valence-corrected chi connectivity index (χ2v) is 7.25. The second-order valence-electron chi connectivity index (χ2n) is 7.25. The van der Waals surface area contributed by atoms with Crippen LogP contribution in [0.3, 0.4) is 0 Å². The maximum Gasteiger partial charge on any atom is 0.291 e. The van der Waals surface area contributed by atoms with E-state index in [1.807, 2.05) is 0 Å². The van der Waals surface area contributed by atoms with Gasteiger partial charge in [-0.15, -0.1) is 0 Å². The summed E-state index contributed by atoms with van der Waals surface area (Å²) in [4.78, 5) is 36.6. The smallest absolute Gasteiger partial charge is 0.291 e. The van der Waals surface area contributed by atoms with Crippen molar-refractivity contribution in [2.24, 2.45) is 0 Å². The summed E-state index contributed by atoms with van der Waals surface area (Å²) < 4.78 is 10.3. The van der Waals surface area contributed by atoms with Gasteiger partial charge in [0.25, 0.3) is 11.8 Å². The van der Waals surface area contributed by atoms with Crippen LogP contribution in [0.25, 0.3) is 0 Å². The predicted molar refractivity (Wildman–Crippen MR) is 127 cm³/mol. The molecule has 0 saturated heterocycles. The zero-order valence-corrected chi connectivity index (χ0v) is 18.0. The van der Waals surface area contributed by atoms with Gasteiger partial charge in [-0.05, 0) is 66.7 Å². The molecule has 0 radical (unpaired) electrons. The molecule has 2 aromatic carbocycles. The molecule has 0 aliphatic carbocycles. The van der Waals surface area contributed by atoms with Gasteiger partial charge in [-0.1, -0.05) is 6.07 Å². The summed E-state index contributed by atoms with van der Waals surface area (Å²) in [5, 5.41) is 11.3. The van der Waals surface area contributed by atoms with Gasteiger partial charge in [-0.3, -0.25) is 14.4 Å². The number of amides is 3. The van der Waals surface area contributed by atoms with E-state index >= 15 is 0 Å². The highest BCUT2D eigenvalue weighted by Crippen LogP contribution is 2.17. The molecule has 4 N–H and O–H groups in total. The standard InChI is InChI=1S/C25H22N4O5/c30-23(28-19-4-1-5-20(14-19)29-25(32)22-7-3-13-34-22)16-26-18-10-8-17(9-11-18)24(31)27-15-21-6-2-12-33-21/h1-14,26H,15-16H2,(H,27,31)(H,28,30)(H,29,32). The summed E-state index contributed by atoms with van der Waals surface area (Å²) in [5.74, 6) is -0.00881. The molecule has 0 spiro atoms. The van der Waals surface area contributed by atoms with E-state index in [9.17, 15) is 14.4 Å². The lowest BCUT2D eigenvalue weighted by atomic mass is 10.2. The van der Waals surface area contributed by atoms with Crippen LogP contribution in [0.5, 0.6) is 0 Å². The van der Waals surface area contributed by atoms with E-state index in [1.54, 1.807) is 79.1 Å². The molecular formula is C25H22N4O5. The molecule has 3 amide bonds. The predicted octanol–water partition coefficient (Wildman–Crippen LogP) is 4.11. The molecule has 4 rings (SSSR count). The Hall–Kier alpha value is -4.79. The lowest BCUT2D eigenvalue weighted by molar-refractivity contribution is -0.114. The van der Waals surface area contributed by atoms with Crippen LogP contribution in [0, 0.1) is 0 Å². The average Bonchev–Trinajstić information content (AvgIpc) is 3.56. The maximum absolute atomic E-state index is 12.3. The number of carbonyl (C=O) groups excluding carboxylic acids is 3. The normalized spacial score (nSPS) is 10.4. The molecule has 4 aromatic rings. The van der Waals surface area contributed by atoms with Gasteiger partial charge in [0.2, 0.25) is 5.91 Å². The molecule has 0 atom stereocenters. The molecule has 0 aliphatic heterocycles. The summed E-state index contributed by atoms with van der Waals surface area (Å²) in [6.45, 7) is 0.326. The van der Waals surface area contributed by atoms with Gasteiger partial charge in [0.1, 0.15) is 5.76 Å². The number of hydrogen-bond acceptors (Lipinski definition) is 6. The van der Waals surface area contributed by atoms with Crippen molar-refractivity contribution in [3.63, 3.8) is 0 Å². The monoisotopic (exact) mass is 458 g/mol. The van der Waals surface area contributed by atoms with Gasteiger partial charge in [0.15, 0.2) is 5.76 Å². The average molecular weight is 458 g/mol. The summed E-state index contributed by atoms with van der Waals surface area (Å²) in [6, 6.07) is 20.3. The Morgan fingerprint density at radius 3 is 2.15 bits per heavy atom. The van der Waals surface area contributed by atoms with Crippen LogP contribution in [0.2, 0.25) is 0 Å². The highest BCUT2D eigenvalue weighted by atomic mass is 16.3. The third-order valence-electron chi connectivity index (χ3n) is 4.75. The summed E-state index contributed by atoms with van der Waals surface area (Å²) >= 11 is 0. The molecule has 0 aliphatic rings. The van der Waals surface area contributed by atoms with Gasteiger partial charge < -0.3 is 30.1 Å². The molecule has 34 heavy (non-hydrogen) atoms. The SMILES string of the molecule is O=C(CNc1ccc(C(=O)NCc2ccco2)cc1)Nc1cccc(NC(=O)c2ccco2)c1. The van der Waals surface area contributed by atoms with E-state index in [2.05, 4.69) is 21.3 Å². The minimum Gasteiger partial charge on any atom is -0.467 e. The molecule has 0 fully saturated rings. The number of hydrogen-bond donors (Lipinski definition) is 4. The van der Waals surface area contributed by atoms with E-state index in [1.165, 1.54) is 6.26 Å². The molecule has 0 bridgehead atoms. The van der Waals surface area contributed by atoms with Gasteiger partial charge >= 0.3 is 0 Å². The van der Waals surface area contributed by atoms with Crippen molar-refractivity contribution in [2.45, 2.75) is 6.54 Å². The summed E-state index contributed by atoms with van der Waals surface area (Å²) in [6.07, 6.45) is 2.97. The van der Waals surface area contributed by atoms with Gasteiger partial charge in [0.05, 0.1) is 25.6 Å². The first-order valence-electron chi connectivity index (χ1n) is 10.5. The lowest BCUT2D eigenvalue weighted by Crippen LogP contribution is -2.23. The third-order valence-corrected chi connectivity index (χ3v) is 4.75. The second kappa shape index (κ2) is 10.7. The van der Waals surface area contributed by atoms with Crippen LogP contribution < -0.4 is 21.3 Å². The summed E-state index contributed by atoms with van der Waals surface area (Å²) in [5.41, 5.74) is 2.24. The van der Waals surface area contributed by atoms with Crippen molar-refractivity contribution in [3.05, 3.63) is 102 Å². The zero-order chi connectivity index (χ0) is 23.8. The fraction of sp³-hybridized carbons (Fsp3) is 0.0800. The minimum absolute atomic E-state index is 0.0209. The molecule has 2 heterocycles. The van der Waals surface area contributed by atoms with Gasteiger partial charge in [-0.25, -0.2) is 0 Å².